The lowest BCUT2D eigenvalue weighted by Crippen LogP contribution is -2.38. The van der Waals surface area contributed by atoms with Crippen LogP contribution in [0.25, 0.3) is 0 Å². The minimum absolute atomic E-state index is 0.232. The van der Waals surface area contributed by atoms with Gasteiger partial charge in [0.25, 0.3) is 0 Å². The molecular formula is C19H29N3O2. The van der Waals surface area contributed by atoms with Crippen LogP contribution in [0.2, 0.25) is 0 Å². The van der Waals surface area contributed by atoms with Gasteiger partial charge in [0.15, 0.2) is 5.96 Å². The Labute approximate surface area is 144 Å². The Hall–Kier alpha value is -1.75. The van der Waals surface area contributed by atoms with Crippen LogP contribution in [0, 0.1) is 6.92 Å². The largest absolute Gasteiger partial charge is 0.491 e. The molecule has 1 saturated heterocycles. The van der Waals surface area contributed by atoms with Crippen molar-refractivity contribution in [2.75, 3.05) is 19.8 Å². The quantitative estimate of drug-likeness (QED) is 0.596. The molecule has 24 heavy (non-hydrogen) atoms. The molecule has 0 aromatic heterocycles. The molecule has 1 unspecified atom stereocenters. The number of hydrogen-bond donors (Lipinski definition) is 2. The fourth-order valence-electron chi connectivity index (χ4n) is 2.79. The second kappa shape index (κ2) is 8.38. The van der Waals surface area contributed by atoms with E-state index >= 15 is 0 Å². The van der Waals surface area contributed by atoms with Crippen LogP contribution in [0.3, 0.4) is 0 Å². The molecule has 1 heterocycles. The summed E-state index contributed by atoms with van der Waals surface area (Å²) >= 11 is 0. The maximum Gasteiger partial charge on any atom is 0.191 e. The van der Waals surface area contributed by atoms with Crippen LogP contribution in [0.15, 0.2) is 23.2 Å². The van der Waals surface area contributed by atoms with Crippen LogP contribution < -0.4 is 15.4 Å². The van der Waals surface area contributed by atoms with Gasteiger partial charge >= 0.3 is 0 Å². The molecule has 1 aliphatic carbocycles. The van der Waals surface area contributed by atoms with Gasteiger partial charge < -0.3 is 20.1 Å². The second-order valence-electron chi connectivity index (χ2n) is 6.67. The first kappa shape index (κ1) is 17.1. The van der Waals surface area contributed by atoms with Crippen LogP contribution in [-0.2, 0) is 11.3 Å². The Morgan fingerprint density at radius 1 is 1.33 bits per heavy atom. The topological polar surface area (TPSA) is 54.9 Å². The highest BCUT2D eigenvalue weighted by atomic mass is 16.5. The number of ether oxygens (including phenoxy) is 2. The van der Waals surface area contributed by atoms with Gasteiger partial charge in [0.05, 0.1) is 12.6 Å². The molecule has 1 aromatic rings. The molecule has 1 aromatic carbocycles. The van der Waals surface area contributed by atoms with Crippen molar-refractivity contribution < 1.29 is 9.47 Å². The van der Waals surface area contributed by atoms with Gasteiger partial charge in [-0.15, -0.1) is 0 Å². The Kier molecular flexibility index (Phi) is 5.96. The highest BCUT2D eigenvalue weighted by Crippen LogP contribution is 2.23. The minimum Gasteiger partial charge on any atom is -0.491 e. The fourth-order valence-corrected chi connectivity index (χ4v) is 2.79. The van der Waals surface area contributed by atoms with E-state index in [9.17, 15) is 0 Å². The van der Waals surface area contributed by atoms with Crippen molar-refractivity contribution in [3.8, 4) is 5.75 Å². The molecule has 5 nitrogen and oxygen atoms in total. The summed E-state index contributed by atoms with van der Waals surface area (Å²) in [5.41, 5.74) is 2.32. The maximum absolute atomic E-state index is 6.05. The molecular weight excluding hydrogens is 302 g/mol. The number of benzene rings is 1. The Bertz CT molecular complexity index is 564. The molecule has 3 rings (SSSR count). The molecule has 2 N–H and O–H groups in total. The summed E-state index contributed by atoms with van der Waals surface area (Å²) in [5, 5.41) is 6.76. The van der Waals surface area contributed by atoms with E-state index in [1.807, 2.05) is 0 Å². The SMILES string of the molecule is CCNC(=NCc1ccc(C)cc1OCC1CCCO1)NC1CC1. The van der Waals surface area contributed by atoms with Gasteiger partial charge in [0, 0.05) is 24.8 Å². The highest BCUT2D eigenvalue weighted by molar-refractivity contribution is 5.80. The molecule has 0 radical (unpaired) electrons. The van der Waals surface area contributed by atoms with Crippen LogP contribution >= 0.6 is 0 Å². The molecule has 2 fully saturated rings. The summed E-state index contributed by atoms with van der Waals surface area (Å²) in [7, 11) is 0. The summed E-state index contributed by atoms with van der Waals surface area (Å²) in [6.07, 6.45) is 4.94. The van der Waals surface area contributed by atoms with Crippen molar-refractivity contribution in [1.29, 1.82) is 0 Å². The minimum atomic E-state index is 0.232. The summed E-state index contributed by atoms with van der Waals surface area (Å²) in [6.45, 7) is 7.15. The van der Waals surface area contributed by atoms with Gasteiger partial charge in [-0.2, -0.15) is 0 Å². The summed E-state index contributed by atoms with van der Waals surface area (Å²) < 4.78 is 11.7. The van der Waals surface area contributed by atoms with E-state index in [-0.39, 0.29) is 6.10 Å². The smallest absolute Gasteiger partial charge is 0.191 e. The lowest BCUT2D eigenvalue weighted by atomic mass is 10.1. The number of nitrogens with one attached hydrogen (secondary N) is 2. The third-order valence-electron chi connectivity index (χ3n) is 4.34. The van der Waals surface area contributed by atoms with Gasteiger partial charge in [0.2, 0.25) is 0 Å². The van der Waals surface area contributed by atoms with Gasteiger partial charge in [-0.25, -0.2) is 4.99 Å². The average molecular weight is 331 g/mol. The van der Waals surface area contributed by atoms with E-state index in [2.05, 4.69) is 42.7 Å². The van der Waals surface area contributed by atoms with E-state index in [1.54, 1.807) is 0 Å². The lowest BCUT2D eigenvalue weighted by Gasteiger charge is -2.15. The molecule has 0 spiro atoms. The van der Waals surface area contributed by atoms with Gasteiger partial charge in [-0.1, -0.05) is 12.1 Å². The van der Waals surface area contributed by atoms with Crippen molar-refractivity contribution >= 4 is 5.96 Å². The second-order valence-corrected chi connectivity index (χ2v) is 6.67. The normalized spacial score (nSPS) is 20.9. The van der Waals surface area contributed by atoms with E-state index in [4.69, 9.17) is 14.5 Å². The first-order chi connectivity index (χ1) is 11.7. The molecule has 0 bridgehead atoms. The third kappa shape index (κ3) is 5.13. The van der Waals surface area contributed by atoms with Crippen molar-refractivity contribution in [3.05, 3.63) is 29.3 Å². The molecule has 1 saturated carbocycles. The number of aryl methyl sites for hydroxylation is 1. The Morgan fingerprint density at radius 2 is 2.21 bits per heavy atom. The van der Waals surface area contributed by atoms with E-state index in [0.717, 1.165) is 43.3 Å². The highest BCUT2D eigenvalue weighted by Gasteiger charge is 2.22. The van der Waals surface area contributed by atoms with Crippen molar-refractivity contribution in [1.82, 2.24) is 10.6 Å². The van der Waals surface area contributed by atoms with E-state index in [1.165, 1.54) is 18.4 Å². The van der Waals surface area contributed by atoms with Crippen molar-refractivity contribution in [3.63, 3.8) is 0 Å². The number of rotatable bonds is 7. The maximum atomic E-state index is 6.05. The van der Waals surface area contributed by atoms with Crippen LogP contribution in [0.4, 0.5) is 0 Å². The van der Waals surface area contributed by atoms with E-state index < -0.39 is 0 Å². The number of nitrogens with zero attached hydrogens (tertiary/aromatic N) is 1. The molecule has 132 valence electrons. The van der Waals surface area contributed by atoms with Crippen LogP contribution in [0.1, 0.15) is 43.7 Å². The predicted molar refractivity (Wildman–Crippen MR) is 96.6 cm³/mol. The molecule has 1 atom stereocenters. The molecule has 2 aliphatic rings. The lowest BCUT2D eigenvalue weighted by molar-refractivity contribution is 0.0676. The molecule has 0 amide bonds. The fraction of sp³-hybridized carbons (Fsp3) is 0.632. The molecule has 5 heteroatoms. The zero-order chi connectivity index (χ0) is 16.8. The zero-order valence-corrected chi connectivity index (χ0v) is 14.8. The monoisotopic (exact) mass is 331 g/mol. The number of aliphatic imine (C=N–C) groups is 1. The van der Waals surface area contributed by atoms with Crippen molar-refractivity contribution in [2.45, 2.75) is 58.2 Å². The Morgan fingerprint density at radius 3 is 2.92 bits per heavy atom. The first-order valence-corrected chi connectivity index (χ1v) is 9.13. The van der Waals surface area contributed by atoms with Crippen molar-refractivity contribution in [2.24, 2.45) is 4.99 Å². The van der Waals surface area contributed by atoms with Gasteiger partial charge in [-0.05, 0) is 51.2 Å². The van der Waals surface area contributed by atoms with Gasteiger partial charge in [-0.3, -0.25) is 0 Å². The summed E-state index contributed by atoms with van der Waals surface area (Å²) in [6, 6.07) is 6.92. The zero-order valence-electron chi connectivity index (χ0n) is 14.8. The van der Waals surface area contributed by atoms with Gasteiger partial charge in [0.1, 0.15) is 12.4 Å². The average Bonchev–Trinajstić information content (AvgIpc) is 3.23. The van der Waals surface area contributed by atoms with E-state index in [0.29, 0.717) is 19.2 Å². The number of hydrogen-bond acceptors (Lipinski definition) is 3. The molecule has 1 aliphatic heterocycles. The van der Waals surface area contributed by atoms with Crippen LogP contribution in [0.5, 0.6) is 5.75 Å². The number of guanidine groups is 1. The third-order valence-corrected chi connectivity index (χ3v) is 4.34. The Balaban J connectivity index is 1.64. The van der Waals surface area contributed by atoms with Crippen LogP contribution in [-0.4, -0.2) is 37.9 Å². The standard InChI is InChI=1S/C19H29N3O2/c1-3-20-19(22-16-8-9-16)21-12-15-7-6-14(2)11-18(15)24-13-17-5-4-10-23-17/h6-7,11,16-17H,3-5,8-10,12-13H2,1-2H3,(H2,20,21,22). The summed E-state index contributed by atoms with van der Waals surface area (Å²) in [5.74, 6) is 1.82. The predicted octanol–water partition coefficient (Wildman–Crippen LogP) is 2.77. The first-order valence-electron chi connectivity index (χ1n) is 9.13. The summed E-state index contributed by atoms with van der Waals surface area (Å²) in [4.78, 5) is 4.72.